The van der Waals surface area contributed by atoms with E-state index in [1.807, 2.05) is 6.07 Å². The predicted molar refractivity (Wildman–Crippen MR) is 140 cm³/mol. The van der Waals surface area contributed by atoms with Crippen molar-refractivity contribution >= 4 is 29.2 Å². The zero-order valence-electron chi connectivity index (χ0n) is 22.6. The van der Waals surface area contributed by atoms with E-state index in [4.69, 9.17) is 9.47 Å². The fraction of sp³-hybridized carbons (Fsp3) is 0.577. The number of amides is 2. The SMILES string of the molecule is CC(C)(C)OC(=O)N1CCC(n2cc(NC(=O)c3cnn4ccc(N5C[C@H]6C[C@@H]5CO6)nc34)c(C(F)F)n2)CC1. The van der Waals surface area contributed by atoms with E-state index in [0.717, 1.165) is 18.8 Å². The number of fused-ring (bicyclic) bond motifs is 3. The van der Waals surface area contributed by atoms with Crippen LogP contribution in [0.25, 0.3) is 5.65 Å². The number of hydrogen-bond acceptors (Lipinski definition) is 8. The Balaban J connectivity index is 1.17. The highest BCUT2D eigenvalue weighted by molar-refractivity contribution is 6.08. The molecule has 0 radical (unpaired) electrons. The number of ether oxygens (including phenoxy) is 2. The molecule has 3 aromatic heterocycles. The normalized spacial score (nSPS) is 21.6. The van der Waals surface area contributed by atoms with E-state index in [9.17, 15) is 18.4 Å². The number of hydrogen-bond donors (Lipinski definition) is 1. The predicted octanol–water partition coefficient (Wildman–Crippen LogP) is 3.67. The Labute approximate surface area is 229 Å². The number of carbonyl (C=O) groups is 2. The molecule has 0 aromatic carbocycles. The standard InChI is InChI=1S/C26H32F2N8O4/c1-26(2,3)40-25(38)33-7-4-15(5-8-33)36-13-19(21(32-36)22(27)28)30-24(37)18-11-29-35-9-6-20(31-23(18)35)34-12-17-10-16(34)14-39-17/h6,9,11,13,15-17,22H,4-5,7-8,10,12,14H2,1-3H3,(H,30,37)/t16-,17-/m1/s1. The molecule has 0 unspecified atom stereocenters. The third-order valence-corrected chi connectivity index (χ3v) is 7.50. The van der Waals surface area contributed by atoms with Gasteiger partial charge in [-0.25, -0.2) is 23.1 Å². The maximum atomic E-state index is 13.9. The molecule has 214 valence electrons. The van der Waals surface area contributed by atoms with Crippen molar-refractivity contribution in [3.8, 4) is 0 Å². The summed E-state index contributed by atoms with van der Waals surface area (Å²) in [5.74, 6) is 0.115. The minimum Gasteiger partial charge on any atom is -0.444 e. The number of halogens is 2. The first-order chi connectivity index (χ1) is 19.1. The van der Waals surface area contributed by atoms with Gasteiger partial charge in [0, 0.05) is 32.0 Å². The number of alkyl halides is 2. The second-order valence-corrected chi connectivity index (χ2v) is 11.5. The molecule has 2 bridgehead atoms. The molecule has 14 heteroatoms. The minimum absolute atomic E-state index is 0.0703. The number of carbonyl (C=O) groups excluding carboxylic acids is 2. The molecular formula is C26H32F2N8O4. The minimum atomic E-state index is -2.89. The Hall–Kier alpha value is -3.81. The summed E-state index contributed by atoms with van der Waals surface area (Å²) in [5.41, 5.74) is -0.684. The molecule has 0 saturated carbocycles. The summed E-state index contributed by atoms with van der Waals surface area (Å²) in [6.45, 7) is 7.60. The van der Waals surface area contributed by atoms with Gasteiger partial charge in [0.1, 0.15) is 17.0 Å². The van der Waals surface area contributed by atoms with E-state index in [0.29, 0.717) is 38.2 Å². The maximum absolute atomic E-state index is 13.9. The largest absolute Gasteiger partial charge is 0.444 e. The summed E-state index contributed by atoms with van der Waals surface area (Å²) in [4.78, 5) is 34.1. The second-order valence-electron chi connectivity index (χ2n) is 11.5. The highest BCUT2D eigenvalue weighted by Crippen LogP contribution is 2.33. The Morgan fingerprint density at radius 3 is 2.62 bits per heavy atom. The molecule has 0 spiro atoms. The van der Waals surface area contributed by atoms with Gasteiger partial charge in [-0.15, -0.1) is 0 Å². The molecule has 3 fully saturated rings. The molecule has 40 heavy (non-hydrogen) atoms. The first-order valence-electron chi connectivity index (χ1n) is 13.4. The van der Waals surface area contributed by atoms with Gasteiger partial charge in [-0.1, -0.05) is 0 Å². The van der Waals surface area contributed by atoms with Crippen molar-refractivity contribution in [2.75, 3.05) is 36.5 Å². The second kappa shape index (κ2) is 9.98. The van der Waals surface area contributed by atoms with Crippen LogP contribution in [0.2, 0.25) is 0 Å². The number of anilines is 2. The summed E-state index contributed by atoms with van der Waals surface area (Å²) >= 11 is 0. The lowest BCUT2D eigenvalue weighted by atomic mass is 10.1. The smallest absolute Gasteiger partial charge is 0.410 e. The molecule has 6 rings (SSSR count). The molecular weight excluding hydrogens is 526 g/mol. The highest BCUT2D eigenvalue weighted by Gasteiger charge is 2.40. The third-order valence-electron chi connectivity index (χ3n) is 7.50. The summed E-state index contributed by atoms with van der Waals surface area (Å²) in [6, 6.07) is 1.88. The maximum Gasteiger partial charge on any atom is 0.410 e. The zero-order chi connectivity index (χ0) is 28.2. The number of nitrogens with one attached hydrogen (secondary N) is 1. The topological polar surface area (TPSA) is 119 Å². The van der Waals surface area contributed by atoms with Crippen molar-refractivity contribution in [1.29, 1.82) is 0 Å². The fourth-order valence-electron chi connectivity index (χ4n) is 5.54. The average molecular weight is 559 g/mol. The van der Waals surface area contributed by atoms with Crippen LogP contribution in [0.3, 0.4) is 0 Å². The molecule has 1 N–H and O–H groups in total. The fourth-order valence-corrected chi connectivity index (χ4v) is 5.54. The van der Waals surface area contributed by atoms with E-state index in [1.54, 1.807) is 31.9 Å². The van der Waals surface area contributed by atoms with Gasteiger partial charge in [-0.05, 0) is 46.1 Å². The highest BCUT2D eigenvalue weighted by atomic mass is 19.3. The van der Waals surface area contributed by atoms with Crippen LogP contribution in [0.1, 0.15) is 68.6 Å². The summed E-state index contributed by atoms with van der Waals surface area (Å²) in [6.07, 6.45) is 3.40. The van der Waals surface area contributed by atoms with Crippen molar-refractivity contribution in [3.63, 3.8) is 0 Å². The van der Waals surface area contributed by atoms with E-state index in [2.05, 4.69) is 25.4 Å². The van der Waals surface area contributed by atoms with Gasteiger partial charge >= 0.3 is 6.09 Å². The van der Waals surface area contributed by atoms with Gasteiger partial charge < -0.3 is 24.6 Å². The van der Waals surface area contributed by atoms with Crippen LogP contribution >= 0.6 is 0 Å². The van der Waals surface area contributed by atoms with Gasteiger partial charge in [0.05, 0.1) is 36.7 Å². The number of morpholine rings is 1. The van der Waals surface area contributed by atoms with Crippen LogP contribution in [0.15, 0.2) is 24.7 Å². The number of nitrogens with zero attached hydrogens (tertiary/aromatic N) is 7. The molecule has 3 aliphatic rings. The monoisotopic (exact) mass is 558 g/mol. The van der Waals surface area contributed by atoms with E-state index in [-0.39, 0.29) is 29.4 Å². The lowest BCUT2D eigenvalue weighted by Crippen LogP contribution is -2.42. The van der Waals surface area contributed by atoms with Crippen molar-refractivity contribution in [2.24, 2.45) is 0 Å². The molecule has 0 aliphatic carbocycles. The number of aromatic nitrogens is 5. The first-order valence-corrected chi connectivity index (χ1v) is 13.4. The molecule has 6 heterocycles. The number of rotatable bonds is 5. The summed E-state index contributed by atoms with van der Waals surface area (Å²) < 4.78 is 41.9. The van der Waals surface area contributed by atoms with Crippen LogP contribution in [0.5, 0.6) is 0 Å². The lowest BCUT2D eigenvalue weighted by molar-refractivity contribution is 0.0184. The van der Waals surface area contributed by atoms with Gasteiger partial charge in [-0.3, -0.25) is 9.48 Å². The molecule has 2 amide bonds. The number of likely N-dealkylation sites (tertiary alicyclic amines) is 1. The lowest BCUT2D eigenvalue weighted by Gasteiger charge is -2.33. The van der Waals surface area contributed by atoms with Crippen molar-refractivity contribution in [3.05, 3.63) is 35.9 Å². The molecule has 12 nitrogen and oxygen atoms in total. The number of piperidine rings is 1. The average Bonchev–Trinajstić information content (AvgIpc) is 3.70. The third kappa shape index (κ3) is 5.07. The van der Waals surface area contributed by atoms with Gasteiger partial charge in [0.15, 0.2) is 11.3 Å². The quantitative estimate of drug-likeness (QED) is 0.504. The molecule has 3 saturated heterocycles. The zero-order valence-corrected chi connectivity index (χ0v) is 22.6. The molecule has 2 atom stereocenters. The van der Waals surface area contributed by atoms with E-state index in [1.165, 1.54) is 21.6 Å². The Morgan fingerprint density at radius 1 is 1.20 bits per heavy atom. The van der Waals surface area contributed by atoms with Gasteiger partial charge in [0.25, 0.3) is 12.3 Å². The van der Waals surface area contributed by atoms with E-state index < -0.39 is 29.7 Å². The van der Waals surface area contributed by atoms with Crippen LogP contribution in [0, 0.1) is 0 Å². The van der Waals surface area contributed by atoms with Crippen LogP contribution in [0.4, 0.5) is 25.1 Å². The Kier molecular flexibility index (Phi) is 6.59. The van der Waals surface area contributed by atoms with Crippen molar-refractivity contribution in [1.82, 2.24) is 29.3 Å². The Bertz CT molecular complexity index is 1430. The molecule has 3 aromatic rings. The first kappa shape index (κ1) is 26.4. The van der Waals surface area contributed by atoms with Crippen LogP contribution in [-0.4, -0.2) is 85.3 Å². The summed E-state index contributed by atoms with van der Waals surface area (Å²) in [7, 11) is 0. The van der Waals surface area contributed by atoms with Crippen LogP contribution < -0.4 is 10.2 Å². The molecule has 3 aliphatic heterocycles. The van der Waals surface area contributed by atoms with Gasteiger partial charge in [-0.2, -0.15) is 10.2 Å². The summed E-state index contributed by atoms with van der Waals surface area (Å²) in [5, 5.41) is 10.9. The van der Waals surface area contributed by atoms with Crippen molar-refractivity contribution in [2.45, 2.75) is 70.2 Å². The Morgan fingerprint density at radius 2 is 1.98 bits per heavy atom. The van der Waals surface area contributed by atoms with E-state index >= 15 is 0 Å². The van der Waals surface area contributed by atoms with Crippen molar-refractivity contribution < 1.29 is 27.8 Å². The van der Waals surface area contributed by atoms with Crippen LogP contribution in [-0.2, 0) is 9.47 Å². The van der Waals surface area contributed by atoms with Gasteiger partial charge in [0.2, 0.25) is 0 Å².